The maximum absolute atomic E-state index is 9.27. The number of hydrogen-bond donors (Lipinski definition) is 4. The molecule has 0 atom stereocenters. The molecule has 14 heavy (non-hydrogen) atoms. The molecule has 2 heterocycles. The minimum absolute atomic E-state index is 0.0133. The first-order valence-electron chi connectivity index (χ1n) is 3.69. The van der Waals surface area contributed by atoms with Gasteiger partial charge in [0.2, 0.25) is 23.5 Å². The van der Waals surface area contributed by atoms with Crippen LogP contribution in [0.4, 0.5) is 0 Å². The third-order valence-electron chi connectivity index (χ3n) is 1.75. The van der Waals surface area contributed by atoms with E-state index in [4.69, 9.17) is 10.2 Å². The first kappa shape index (κ1) is 8.36. The van der Waals surface area contributed by atoms with E-state index < -0.39 is 23.5 Å². The molecule has 6 heteroatoms. The lowest BCUT2D eigenvalue weighted by Gasteiger charge is -2.03. The Morgan fingerprint density at radius 1 is 0.786 bits per heavy atom. The summed E-state index contributed by atoms with van der Waals surface area (Å²) in [6.07, 6.45) is 0. The van der Waals surface area contributed by atoms with Crippen molar-refractivity contribution in [1.29, 1.82) is 0 Å². The average molecular weight is 194 g/mol. The Morgan fingerprint density at radius 2 is 1.21 bits per heavy atom. The van der Waals surface area contributed by atoms with E-state index in [0.717, 1.165) is 0 Å². The Labute approximate surface area is 77.7 Å². The van der Waals surface area contributed by atoms with Crippen LogP contribution in [0.2, 0.25) is 0 Å². The first-order valence-corrected chi connectivity index (χ1v) is 3.69. The van der Waals surface area contributed by atoms with Crippen molar-refractivity contribution < 1.29 is 20.4 Å². The van der Waals surface area contributed by atoms with Crippen LogP contribution < -0.4 is 0 Å². The summed E-state index contributed by atoms with van der Waals surface area (Å²) in [7, 11) is 0. The lowest BCUT2D eigenvalue weighted by atomic mass is 10.2. The fourth-order valence-corrected chi connectivity index (χ4v) is 1.22. The van der Waals surface area contributed by atoms with Gasteiger partial charge in [0.15, 0.2) is 0 Å². The third-order valence-corrected chi connectivity index (χ3v) is 1.75. The van der Waals surface area contributed by atoms with E-state index in [1.54, 1.807) is 0 Å². The second-order valence-corrected chi connectivity index (χ2v) is 2.71. The van der Waals surface area contributed by atoms with Gasteiger partial charge in [0.25, 0.3) is 0 Å². The van der Waals surface area contributed by atoms with Crippen molar-refractivity contribution >= 4 is 10.8 Å². The van der Waals surface area contributed by atoms with E-state index in [1.807, 2.05) is 0 Å². The van der Waals surface area contributed by atoms with Gasteiger partial charge in [-0.25, -0.2) is 0 Å². The molecule has 4 N–H and O–H groups in total. The molecule has 0 radical (unpaired) electrons. The predicted molar refractivity (Wildman–Crippen MR) is 46.2 cm³/mol. The average Bonchev–Trinajstić information content (AvgIpc) is 1.99. The fraction of sp³-hybridized carbons (Fsp3) is 0. The number of rotatable bonds is 0. The molecule has 6 nitrogen and oxygen atoms in total. The molecule has 0 aromatic carbocycles. The van der Waals surface area contributed by atoms with Crippen LogP contribution in [0.3, 0.4) is 0 Å². The summed E-state index contributed by atoms with van der Waals surface area (Å²) in [6.45, 7) is 0. The molecular weight excluding hydrogens is 188 g/mol. The van der Waals surface area contributed by atoms with Gasteiger partial charge in [-0.15, -0.1) is 0 Å². The lowest BCUT2D eigenvalue weighted by molar-refractivity contribution is 0.405. The summed E-state index contributed by atoms with van der Waals surface area (Å²) < 4.78 is 0. The zero-order valence-electron chi connectivity index (χ0n) is 6.84. The number of pyridine rings is 2. The molecule has 0 unspecified atom stereocenters. The van der Waals surface area contributed by atoms with Crippen LogP contribution in [0.1, 0.15) is 0 Å². The first-order chi connectivity index (χ1) is 6.58. The van der Waals surface area contributed by atoms with Gasteiger partial charge in [-0.05, 0) is 0 Å². The van der Waals surface area contributed by atoms with Crippen LogP contribution in [0.5, 0.6) is 23.5 Å². The second-order valence-electron chi connectivity index (χ2n) is 2.71. The number of aromatic nitrogens is 2. The number of hydrogen-bond acceptors (Lipinski definition) is 6. The summed E-state index contributed by atoms with van der Waals surface area (Å²) in [5.74, 6) is -1.88. The molecule has 0 saturated carbocycles. The highest BCUT2D eigenvalue weighted by molar-refractivity contribution is 5.92. The molecule has 0 bridgehead atoms. The van der Waals surface area contributed by atoms with Crippen LogP contribution in [0.15, 0.2) is 12.1 Å². The van der Waals surface area contributed by atoms with Crippen molar-refractivity contribution in [3.8, 4) is 23.5 Å². The van der Waals surface area contributed by atoms with E-state index in [9.17, 15) is 10.2 Å². The van der Waals surface area contributed by atoms with Crippen molar-refractivity contribution in [2.24, 2.45) is 0 Å². The summed E-state index contributed by atoms with van der Waals surface area (Å²) in [6, 6.07) is 2.38. The van der Waals surface area contributed by atoms with Crippen LogP contribution in [0, 0.1) is 0 Å². The molecule has 0 spiro atoms. The molecular formula is C8H6N2O4. The normalized spacial score (nSPS) is 10.6. The summed E-state index contributed by atoms with van der Waals surface area (Å²) in [5, 5.41) is 36.9. The van der Waals surface area contributed by atoms with Gasteiger partial charge in [0.05, 0.1) is 0 Å². The van der Waals surface area contributed by atoms with Gasteiger partial charge in [0.1, 0.15) is 5.39 Å². The van der Waals surface area contributed by atoms with Crippen LogP contribution in [-0.2, 0) is 0 Å². The zero-order valence-corrected chi connectivity index (χ0v) is 6.84. The molecule has 0 amide bonds. The Morgan fingerprint density at radius 3 is 1.64 bits per heavy atom. The van der Waals surface area contributed by atoms with Crippen molar-refractivity contribution in [3.05, 3.63) is 12.1 Å². The molecule has 0 aliphatic heterocycles. The van der Waals surface area contributed by atoms with Crippen molar-refractivity contribution in [2.45, 2.75) is 0 Å². The van der Waals surface area contributed by atoms with E-state index in [0.29, 0.717) is 0 Å². The van der Waals surface area contributed by atoms with Gasteiger partial charge in [-0.1, -0.05) is 0 Å². The van der Waals surface area contributed by atoms with E-state index in [1.165, 1.54) is 12.1 Å². The number of nitrogens with zero attached hydrogens (tertiary/aromatic N) is 2. The minimum atomic E-state index is -0.537. The van der Waals surface area contributed by atoms with E-state index in [2.05, 4.69) is 9.97 Å². The van der Waals surface area contributed by atoms with Crippen LogP contribution in [0.25, 0.3) is 10.8 Å². The van der Waals surface area contributed by atoms with Gasteiger partial charge >= 0.3 is 0 Å². The number of fused-ring (bicyclic) bond motifs is 1. The Balaban J connectivity index is 2.94. The lowest BCUT2D eigenvalue weighted by Crippen LogP contribution is -1.84. The molecule has 0 aliphatic rings. The van der Waals surface area contributed by atoms with Crippen LogP contribution >= 0.6 is 0 Å². The zero-order chi connectivity index (χ0) is 10.3. The predicted octanol–water partition coefficient (Wildman–Crippen LogP) is 0.452. The smallest absolute Gasteiger partial charge is 0.227 e. The highest BCUT2D eigenvalue weighted by Crippen LogP contribution is 2.33. The molecule has 2 aromatic heterocycles. The summed E-state index contributed by atoms with van der Waals surface area (Å²) >= 11 is 0. The highest BCUT2D eigenvalue weighted by atomic mass is 16.3. The van der Waals surface area contributed by atoms with E-state index >= 15 is 0 Å². The van der Waals surface area contributed by atoms with Gasteiger partial charge in [-0.2, -0.15) is 9.97 Å². The molecule has 0 saturated heterocycles. The monoisotopic (exact) mass is 194 g/mol. The van der Waals surface area contributed by atoms with Crippen molar-refractivity contribution in [3.63, 3.8) is 0 Å². The highest BCUT2D eigenvalue weighted by Gasteiger charge is 2.11. The summed E-state index contributed by atoms with van der Waals surface area (Å²) in [4.78, 5) is 6.64. The van der Waals surface area contributed by atoms with Gasteiger partial charge in [0, 0.05) is 17.5 Å². The molecule has 72 valence electrons. The Hall–Kier alpha value is -2.24. The molecule has 0 aliphatic carbocycles. The third kappa shape index (κ3) is 1.13. The standard InChI is InChI=1S/C8H6N2O4/c11-4-1-3-2-5(12)10-8(14)6(3)7(13)9-4/h1-2H,(H2,9,11,13)(H2,10,12,14). The van der Waals surface area contributed by atoms with Gasteiger partial charge in [-0.3, -0.25) is 0 Å². The fourth-order valence-electron chi connectivity index (χ4n) is 1.22. The quantitative estimate of drug-likeness (QED) is 0.485. The largest absolute Gasteiger partial charge is 0.493 e. The van der Waals surface area contributed by atoms with E-state index in [-0.39, 0.29) is 10.8 Å². The second kappa shape index (κ2) is 2.63. The minimum Gasteiger partial charge on any atom is -0.493 e. The molecule has 2 rings (SSSR count). The SMILES string of the molecule is Oc1cc2cc(O)nc(O)c2c(O)n1. The maximum Gasteiger partial charge on any atom is 0.227 e. The van der Waals surface area contributed by atoms with Crippen molar-refractivity contribution in [1.82, 2.24) is 9.97 Å². The molecule has 2 aromatic rings. The van der Waals surface area contributed by atoms with Crippen molar-refractivity contribution in [2.75, 3.05) is 0 Å². The van der Waals surface area contributed by atoms with Gasteiger partial charge < -0.3 is 20.4 Å². The maximum atomic E-state index is 9.27. The summed E-state index contributed by atoms with van der Waals surface area (Å²) in [5.41, 5.74) is 0. The topological polar surface area (TPSA) is 107 Å². The number of aromatic hydroxyl groups is 4. The Bertz CT molecular complexity index is 469. The molecule has 0 fully saturated rings. The Kier molecular flexibility index (Phi) is 1.57. The van der Waals surface area contributed by atoms with Crippen LogP contribution in [-0.4, -0.2) is 30.4 Å².